The summed E-state index contributed by atoms with van der Waals surface area (Å²) in [4.78, 5) is 11.6. The van der Waals surface area contributed by atoms with Gasteiger partial charge < -0.3 is 16.2 Å². The number of hydrogen-bond acceptors (Lipinski definition) is 3. The Bertz CT molecular complexity index is 335. The molecule has 0 heterocycles. The van der Waals surface area contributed by atoms with Gasteiger partial charge in [-0.2, -0.15) is 0 Å². The third-order valence-corrected chi connectivity index (χ3v) is 2.31. The van der Waals surface area contributed by atoms with Crippen molar-refractivity contribution in [3.05, 3.63) is 29.8 Å². The number of hydrogen-bond donors (Lipinski definition) is 3. The third kappa shape index (κ3) is 4.31. The minimum absolute atomic E-state index is 0.00582. The number of nitrogens with two attached hydrogens (primary N) is 1. The standard InChI is InChI=1S/C12H18N2O2/c1-9(6-7-15)14-12(16)8-10-2-4-11(13)5-3-10/h2-5,9,15H,6-8,13H2,1H3,(H,14,16). The molecule has 0 spiro atoms. The molecule has 16 heavy (non-hydrogen) atoms. The van der Waals surface area contributed by atoms with Crippen molar-refractivity contribution in [1.29, 1.82) is 0 Å². The maximum absolute atomic E-state index is 11.6. The van der Waals surface area contributed by atoms with Gasteiger partial charge in [0.05, 0.1) is 6.42 Å². The number of aliphatic hydroxyl groups is 1. The second-order valence-corrected chi connectivity index (χ2v) is 3.90. The van der Waals surface area contributed by atoms with E-state index in [2.05, 4.69) is 5.32 Å². The van der Waals surface area contributed by atoms with Gasteiger partial charge in [0, 0.05) is 18.3 Å². The van der Waals surface area contributed by atoms with Gasteiger partial charge in [0.1, 0.15) is 0 Å². The van der Waals surface area contributed by atoms with Crippen molar-refractivity contribution >= 4 is 11.6 Å². The first-order valence-corrected chi connectivity index (χ1v) is 5.36. The molecule has 1 aromatic rings. The fourth-order valence-electron chi connectivity index (χ4n) is 1.41. The molecule has 0 aromatic heterocycles. The Labute approximate surface area is 95.5 Å². The summed E-state index contributed by atoms with van der Waals surface area (Å²) in [6.07, 6.45) is 0.920. The Morgan fingerprint density at radius 2 is 2.06 bits per heavy atom. The number of amides is 1. The molecule has 1 atom stereocenters. The summed E-state index contributed by atoms with van der Waals surface area (Å²) in [5.74, 6) is -0.0364. The van der Waals surface area contributed by atoms with Crippen LogP contribution in [0.5, 0.6) is 0 Å². The highest BCUT2D eigenvalue weighted by atomic mass is 16.3. The van der Waals surface area contributed by atoms with Crippen LogP contribution in [0.15, 0.2) is 24.3 Å². The fraction of sp³-hybridized carbons (Fsp3) is 0.417. The highest BCUT2D eigenvalue weighted by Gasteiger charge is 2.07. The number of carbonyl (C=O) groups excluding carboxylic acids is 1. The van der Waals surface area contributed by atoms with E-state index in [0.717, 1.165) is 5.56 Å². The summed E-state index contributed by atoms with van der Waals surface area (Å²) < 4.78 is 0. The predicted octanol–water partition coefficient (Wildman–Crippen LogP) is 0.698. The summed E-state index contributed by atoms with van der Waals surface area (Å²) >= 11 is 0. The Kier molecular flexibility index (Phi) is 4.79. The zero-order chi connectivity index (χ0) is 12.0. The van der Waals surface area contributed by atoms with Crippen molar-refractivity contribution in [3.8, 4) is 0 Å². The molecule has 0 aliphatic heterocycles. The molecule has 1 rings (SSSR count). The summed E-state index contributed by atoms with van der Waals surface area (Å²) in [6, 6.07) is 7.24. The molecule has 0 fully saturated rings. The summed E-state index contributed by atoms with van der Waals surface area (Å²) in [5.41, 5.74) is 7.18. The van der Waals surface area contributed by atoms with E-state index in [9.17, 15) is 4.79 Å². The quantitative estimate of drug-likeness (QED) is 0.642. The number of anilines is 1. The molecule has 0 saturated carbocycles. The minimum atomic E-state index is -0.0364. The number of nitrogens with one attached hydrogen (secondary N) is 1. The van der Waals surface area contributed by atoms with Crippen LogP contribution in [0, 0.1) is 0 Å². The van der Waals surface area contributed by atoms with Crippen molar-refractivity contribution in [2.24, 2.45) is 0 Å². The summed E-state index contributed by atoms with van der Waals surface area (Å²) in [5, 5.41) is 11.5. The van der Waals surface area contributed by atoms with Gasteiger partial charge in [0.2, 0.25) is 5.91 Å². The van der Waals surface area contributed by atoms with E-state index in [1.54, 1.807) is 12.1 Å². The first-order chi connectivity index (χ1) is 7.61. The lowest BCUT2D eigenvalue weighted by atomic mass is 10.1. The zero-order valence-electron chi connectivity index (χ0n) is 9.44. The maximum Gasteiger partial charge on any atom is 0.224 e. The largest absolute Gasteiger partial charge is 0.399 e. The van der Waals surface area contributed by atoms with Gasteiger partial charge in [-0.1, -0.05) is 12.1 Å². The van der Waals surface area contributed by atoms with Gasteiger partial charge in [-0.3, -0.25) is 4.79 Å². The van der Waals surface area contributed by atoms with E-state index in [0.29, 0.717) is 18.5 Å². The molecule has 0 bridgehead atoms. The summed E-state index contributed by atoms with van der Waals surface area (Å²) in [7, 11) is 0. The Morgan fingerprint density at radius 1 is 1.44 bits per heavy atom. The van der Waals surface area contributed by atoms with Gasteiger partial charge in [0.15, 0.2) is 0 Å². The normalized spacial score (nSPS) is 12.1. The van der Waals surface area contributed by atoms with Gasteiger partial charge in [-0.15, -0.1) is 0 Å². The first-order valence-electron chi connectivity index (χ1n) is 5.36. The molecular formula is C12H18N2O2. The molecular weight excluding hydrogens is 204 g/mol. The predicted molar refractivity (Wildman–Crippen MR) is 63.9 cm³/mol. The lowest BCUT2D eigenvalue weighted by Gasteiger charge is -2.12. The van der Waals surface area contributed by atoms with Crippen LogP contribution in [0.25, 0.3) is 0 Å². The number of aliphatic hydroxyl groups excluding tert-OH is 1. The number of carbonyl (C=O) groups is 1. The lowest BCUT2D eigenvalue weighted by Crippen LogP contribution is -2.34. The van der Waals surface area contributed by atoms with E-state index in [1.807, 2.05) is 19.1 Å². The Morgan fingerprint density at radius 3 is 2.62 bits per heavy atom. The van der Waals surface area contributed by atoms with Crippen molar-refractivity contribution < 1.29 is 9.90 Å². The average Bonchev–Trinajstić information content (AvgIpc) is 2.21. The molecule has 0 aliphatic carbocycles. The van der Waals surface area contributed by atoms with E-state index in [4.69, 9.17) is 10.8 Å². The van der Waals surface area contributed by atoms with Crippen LogP contribution in [-0.4, -0.2) is 23.7 Å². The molecule has 0 radical (unpaired) electrons. The molecule has 0 saturated heterocycles. The van der Waals surface area contributed by atoms with Crippen LogP contribution < -0.4 is 11.1 Å². The Hall–Kier alpha value is -1.55. The zero-order valence-corrected chi connectivity index (χ0v) is 9.44. The van der Waals surface area contributed by atoms with Crippen molar-refractivity contribution in [3.63, 3.8) is 0 Å². The number of benzene rings is 1. The van der Waals surface area contributed by atoms with E-state index in [1.165, 1.54) is 0 Å². The molecule has 4 N–H and O–H groups in total. The second kappa shape index (κ2) is 6.12. The molecule has 1 aromatic carbocycles. The van der Waals surface area contributed by atoms with Crippen molar-refractivity contribution in [2.45, 2.75) is 25.8 Å². The fourth-order valence-corrected chi connectivity index (χ4v) is 1.41. The highest BCUT2D eigenvalue weighted by molar-refractivity contribution is 5.78. The first kappa shape index (κ1) is 12.5. The van der Waals surface area contributed by atoms with Crippen LogP contribution >= 0.6 is 0 Å². The second-order valence-electron chi connectivity index (χ2n) is 3.90. The smallest absolute Gasteiger partial charge is 0.224 e. The van der Waals surface area contributed by atoms with E-state index < -0.39 is 0 Å². The molecule has 1 amide bonds. The van der Waals surface area contributed by atoms with Crippen LogP contribution in [0.4, 0.5) is 5.69 Å². The van der Waals surface area contributed by atoms with Crippen molar-refractivity contribution in [1.82, 2.24) is 5.32 Å². The third-order valence-electron chi connectivity index (χ3n) is 2.31. The highest BCUT2D eigenvalue weighted by Crippen LogP contribution is 2.06. The van der Waals surface area contributed by atoms with E-state index >= 15 is 0 Å². The monoisotopic (exact) mass is 222 g/mol. The van der Waals surface area contributed by atoms with E-state index in [-0.39, 0.29) is 18.6 Å². The van der Waals surface area contributed by atoms with Crippen molar-refractivity contribution in [2.75, 3.05) is 12.3 Å². The summed E-state index contributed by atoms with van der Waals surface area (Å²) in [6.45, 7) is 1.96. The van der Waals surface area contributed by atoms with Crippen LogP contribution in [0.2, 0.25) is 0 Å². The number of rotatable bonds is 5. The van der Waals surface area contributed by atoms with Gasteiger partial charge in [-0.25, -0.2) is 0 Å². The maximum atomic E-state index is 11.6. The average molecular weight is 222 g/mol. The number of nitrogen functional groups attached to an aromatic ring is 1. The molecule has 1 unspecified atom stereocenters. The molecule has 0 aliphatic rings. The lowest BCUT2D eigenvalue weighted by molar-refractivity contribution is -0.121. The van der Waals surface area contributed by atoms with Crippen LogP contribution in [0.1, 0.15) is 18.9 Å². The Balaban J connectivity index is 2.42. The molecule has 4 nitrogen and oxygen atoms in total. The molecule has 4 heteroatoms. The van der Waals surface area contributed by atoms with Crippen LogP contribution in [-0.2, 0) is 11.2 Å². The molecule has 88 valence electrons. The van der Waals surface area contributed by atoms with Gasteiger partial charge in [-0.05, 0) is 31.0 Å². The topological polar surface area (TPSA) is 75.3 Å². The SMILES string of the molecule is CC(CCO)NC(=O)Cc1ccc(N)cc1. The van der Waals surface area contributed by atoms with Gasteiger partial charge >= 0.3 is 0 Å². The van der Waals surface area contributed by atoms with Gasteiger partial charge in [0.25, 0.3) is 0 Å². The minimum Gasteiger partial charge on any atom is -0.399 e. The van der Waals surface area contributed by atoms with Crippen LogP contribution in [0.3, 0.4) is 0 Å².